The lowest BCUT2D eigenvalue weighted by molar-refractivity contribution is -0.133. The van der Waals surface area contributed by atoms with Gasteiger partial charge in [-0.1, -0.05) is 41.9 Å². The molecule has 0 radical (unpaired) electrons. The maximum absolute atomic E-state index is 13.9. The van der Waals surface area contributed by atoms with Crippen molar-refractivity contribution in [1.82, 2.24) is 14.8 Å². The Hall–Kier alpha value is -2.70. The van der Waals surface area contributed by atoms with Crippen molar-refractivity contribution in [3.63, 3.8) is 0 Å². The van der Waals surface area contributed by atoms with Crippen LogP contribution in [0.3, 0.4) is 0 Å². The fourth-order valence-corrected chi connectivity index (χ4v) is 4.24. The van der Waals surface area contributed by atoms with Gasteiger partial charge in [0, 0.05) is 30.1 Å². The van der Waals surface area contributed by atoms with E-state index in [0.717, 1.165) is 24.2 Å². The predicted molar refractivity (Wildman–Crippen MR) is 117 cm³/mol. The van der Waals surface area contributed by atoms with E-state index < -0.39 is 0 Å². The number of likely N-dealkylation sites (tertiary alicyclic amines) is 1. The van der Waals surface area contributed by atoms with Crippen LogP contribution < -0.4 is 0 Å². The zero-order chi connectivity index (χ0) is 21.8. The third-order valence-corrected chi connectivity index (χ3v) is 5.74. The molecular formula is C24H25ClFN3O2. The van der Waals surface area contributed by atoms with Crippen molar-refractivity contribution >= 4 is 17.5 Å². The zero-order valence-corrected chi connectivity index (χ0v) is 18.2. The molecule has 1 aliphatic rings. The first-order chi connectivity index (χ1) is 15.0. The molecule has 1 atom stereocenters. The number of carbonyl (C=O) groups excluding carboxylic acids is 1. The number of halogens is 2. The molecule has 1 fully saturated rings. The minimum absolute atomic E-state index is 0.00377. The Bertz CT molecular complexity index is 1050. The van der Waals surface area contributed by atoms with E-state index in [1.165, 1.54) is 6.07 Å². The Balaban J connectivity index is 1.39. The number of benzene rings is 2. The van der Waals surface area contributed by atoms with E-state index in [-0.39, 0.29) is 24.3 Å². The van der Waals surface area contributed by atoms with Crippen LogP contribution in [0, 0.1) is 5.82 Å². The number of aromatic nitrogens is 1. The molecule has 162 valence electrons. The summed E-state index contributed by atoms with van der Waals surface area (Å²) in [5, 5.41) is 0.685. The topological polar surface area (TPSA) is 49.6 Å². The van der Waals surface area contributed by atoms with Gasteiger partial charge in [0.1, 0.15) is 17.6 Å². The number of carbonyl (C=O) groups is 1. The van der Waals surface area contributed by atoms with Gasteiger partial charge in [0.25, 0.3) is 0 Å². The number of nitrogens with zero attached hydrogens (tertiary/aromatic N) is 3. The number of oxazole rings is 1. The van der Waals surface area contributed by atoms with Crippen molar-refractivity contribution in [1.29, 1.82) is 0 Å². The van der Waals surface area contributed by atoms with Crippen molar-refractivity contribution in [3.05, 3.63) is 88.3 Å². The van der Waals surface area contributed by atoms with Gasteiger partial charge in [-0.05, 0) is 43.7 Å². The molecule has 7 heteroatoms. The van der Waals surface area contributed by atoms with Gasteiger partial charge in [-0.2, -0.15) is 0 Å². The standard InChI is InChI=1S/C24H25ClFN3O2/c1-28(15-18-7-2-3-9-21(18)26)16-23(30)29-11-5-10-22(29)24-27-14-20(31-24)13-17-6-4-8-19(25)12-17/h2-4,6-9,12,14,22H,5,10-11,13,15-16H2,1H3. The summed E-state index contributed by atoms with van der Waals surface area (Å²) in [4.78, 5) is 21.1. The normalized spacial score (nSPS) is 16.3. The Labute approximate surface area is 186 Å². The molecule has 5 nitrogen and oxygen atoms in total. The lowest BCUT2D eigenvalue weighted by atomic mass is 10.1. The molecule has 1 saturated heterocycles. The van der Waals surface area contributed by atoms with E-state index in [4.69, 9.17) is 16.0 Å². The predicted octanol–water partition coefficient (Wildman–Crippen LogP) is 4.85. The molecule has 1 aliphatic heterocycles. The van der Waals surface area contributed by atoms with Crippen molar-refractivity contribution in [3.8, 4) is 0 Å². The van der Waals surface area contributed by atoms with E-state index in [1.54, 1.807) is 24.4 Å². The van der Waals surface area contributed by atoms with E-state index in [2.05, 4.69) is 4.98 Å². The fourth-order valence-electron chi connectivity index (χ4n) is 4.02. The Kier molecular flexibility index (Phi) is 6.68. The third-order valence-electron chi connectivity index (χ3n) is 5.50. The summed E-state index contributed by atoms with van der Waals surface area (Å²) in [6.45, 7) is 1.25. The first-order valence-corrected chi connectivity index (χ1v) is 10.8. The highest BCUT2D eigenvalue weighted by atomic mass is 35.5. The first-order valence-electron chi connectivity index (χ1n) is 10.4. The molecule has 31 heavy (non-hydrogen) atoms. The molecule has 0 aliphatic carbocycles. The maximum Gasteiger partial charge on any atom is 0.237 e. The van der Waals surface area contributed by atoms with Crippen LogP contribution in [-0.2, 0) is 17.8 Å². The van der Waals surface area contributed by atoms with Gasteiger partial charge in [-0.25, -0.2) is 9.37 Å². The smallest absolute Gasteiger partial charge is 0.237 e. The highest BCUT2D eigenvalue weighted by Crippen LogP contribution is 2.32. The molecule has 2 aromatic carbocycles. The van der Waals surface area contributed by atoms with Crippen LogP contribution in [0.1, 0.15) is 41.7 Å². The Morgan fingerprint density at radius 1 is 1.29 bits per heavy atom. The molecule has 0 spiro atoms. The SMILES string of the molecule is CN(CC(=O)N1CCCC1c1ncc(Cc2cccc(Cl)c2)o1)Cc1ccccc1F. The summed E-state index contributed by atoms with van der Waals surface area (Å²) in [6.07, 6.45) is 4.04. The average Bonchev–Trinajstić information content (AvgIpc) is 3.39. The quantitative estimate of drug-likeness (QED) is 0.525. The van der Waals surface area contributed by atoms with Crippen LogP contribution in [0.5, 0.6) is 0 Å². The van der Waals surface area contributed by atoms with E-state index in [9.17, 15) is 9.18 Å². The number of hydrogen-bond acceptors (Lipinski definition) is 4. The summed E-state index contributed by atoms with van der Waals surface area (Å²) >= 11 is 6.06. The van der Waals surface area contributed by atoms with Crippen LogP contribution >= 0.6 is 11.6 Å². The number of likely N-dealkylation sites (N-methyl/N-ethyl adjacent to an activating group) is 1. The second-order valence-corrected chi connectivity index (χ2v) is 8.42. The van der Waals surface area contributed by atoms with Crippen molar-refractivity contribution < 1.29 is 13.6 Å². The summed E-state index contributed by atoms with van der Waals surface area (Å²) in [7, 11) is 1.82. The van der Waals surface area contributed by atoms with Gasteiger partial charge < -0.3 is 9.32 Å². The summed E-state index contributed by atoms with van der Waals surface area (Å²) < 4.78 is 19.9. The van der Waals surface area contributed by atoms with Gasteiger partial charge in [0.2, 0.25) is 11.8 Å². The Morgan fingerprint density at radius 2 is 2.13 bits per heavy atom. The van der Waals surface area contributed by atoms with Crippen molar-refractivity contribution in [2.45, 2.75) is 31.8 Å². The zero-order valence-electron chi connectivity index (χ0n) is 17.4. The molecule has 1 aromatic heterocycles. The van der Waals surface area contributed by atoms with Gasteiger partial charge in [0.15, 0.2) is 0 Å². The van der Waals surface area contributed by atoms with Crippen molar-refractivity contribution in [2.75, 3.05) is 20.1 Å². The summed E-state index contributed by atoms with van der Waals surface area (Å²) in [5.74, 6) is 1.05. The molecular weight excluding hydrogens is 417 g/mol. The molecule has 1 unspecified atom stereocenters. The van der Waals surface area contributed by atoms with Crippen LogP contribution in [0.4, 0.5) is 4.39 Å². The highest BCUT2D eigenvalue weighted by molar-refractivity contribution is 6.30. The number of rotatable bonds is 7. The molecule has 0 N–H and O–H groups in total. The van der Waals surface area contributed by atoms with E-state index in [0.29, 0.717) is 36.0 Å². The summed E-state index contributed by atoms with van der Waals surface area (Å²) in [5.41, 5.74) is 1.62. The second kappa shape index (κ2) is 9.62. The largest absolute Gasteiger partial charge is 0.443 e. The van der Waals surface area contributed by atoms with Crippen LogP contribution in [-0.4, -0.2) is 40.8 Å². The molecule has 0 bridgehead atoms. The lowest BCUT2D eigenvalue weighted by Gasteiger charge is -2.25. The molecule has 1 amide bonds. The average molecular weight is 442 g/mol. The van der Waals surface area contributed by atoms with Gasteiger partial charge in [0.05, 0.1) is 12.7 Å². The first kappa shape index (κ1) is 21.5. The van der Waals surface area contributed by atoms with Crippen molar-refractivity contribution in [2.24, 2.45) is 0 Å². The lowest BCUT2D eigenvalue weighted by Crippen LogP contribution is -2.38. The number of hydrogen-bond donors (Lipinski definition) is 0. The highest BCUT2D eigenvalue weighted by Gasteiger charge is 2.33. The van der Waals surface area contributed by atoms with Gasteiger partial charge in [-0.3, -0.25) is 9.69 Å². The molecule has 4 rings (SSSR count). The van der Waals surface area contributed by atoms with Gasteiger partial charge >= 0.3 is 0 Å². The van der Waals surface area contributed by atoms with E-state index in [1.807, 2.05) is 41.1 Å². The fraction of sp³-hybridized carbons (Fsp3) is 0.333. The minimum atomic E-state index is -0.257. The van der Waals surface area contributed by atoms with Crippen LogP contribution in [0.15, 0.2) is 59.1 Å². The molecule has 2 heterocycles. The minimum Gasteiger partial charge on any atom is -0.443 e. The monoisotopic (exact) mass is 441 g/mol. The van der Waals surface area contributed by atoms with Crippen LogP contribution in [0.2, 0.25) is 5.02 Å². The summed E-state index contributed by atoms with van der Waals surface area (Å²) in [6, 6.07) is 14.1. The second-order valence-electron chi connectivity index (χ2n) is 7.98. The third kappa shape index (κ3) is 5.32. The number of amides is 1. The maximum atomic E-state index is 13.9. The van der Waals surface area contributed by atoms with E-state index >= 15 is 0 Å². The van der Waals surface area contributed by atoms with Gasteiger partial charge in [-0.15, -0.1) is 0 Å². The Morgan fingerprint density at radius 3 is 2.94 bits per heavy atom. The van der Waals surface area contributed by atoms with Crippen LogP contribution in [0.25, 0.3) is 0 Å². The molecule has 0 saturated carbocycles. The molecule has 3 aromatic rings.